The molecule has 0 radical (unpaired) electrons. The van der Waals surface area contributed by atoms with E-state index in [4.69, 9.17) is 0 Å². The summed E-state index contributed by atoms with van der Waals surface area (Å²) in [4.78, 5) is 23.4. The number of pyridine rings is 1. The van der Waals surface area contributed by atoms with E-state index >= 15 is 0 Å². The van der Waals surface area contributed by atoms with E-state index in [1.165, 1.54) is 0 Å². The van der Waals surface area contributed by atoms with Gasteiger partial charge in [-0.15, -0.1) is 0 Å². The van der Waals surface area contributed by atoms with Gasteiger partial charge in [-0.2, -0.15) is 0 Å². The van der Waals surface area contributed by atoms with E-state index < -0.39 is 0 Å². The third kappa shape index (κ3) is 2.11. The Bertz CT molecular complexity index is 549. The van der Waals surface area contributed by atoms with Crippen molar-refractivity contribution in [1.82, 2.24) is 15.0 Å². The van der Waals surface area contributed by atoms with E-state index in [0.717, 1.165) is 36.3 Å². The Morgan fingerprint density at radius 3 is 3.28 bits per heavy atom. The number of aromatic amines is 1. The van der Waals surface area contributed by atoms with Crippen LogP contribution in [0.25, 0.3) is 0 Å². The number of H-pyrrole nitrogens is 1. The zero-order chi connectivity index (χ0) is 12.4. The number of nitrogens with zero attached hydrogens (tertiary/aromatic N) is 2. The summed E-state index contributed by atoms with van der Waals surface area (Å²) in [6.45, 7) is 0. The lowest BCUT2D eigenvalue weighted by atomic mass is 9.89. The molecule has 92 valence electrons. The first-order chi connectivity index (χ1) is 8.83. The quantitative estimate of drug-likeness (QED) is 0.839. The summed E-state index contributed by atoms with van der Waals surface area (Å²) in [5.74, 6) is 0.0707. The standard InChI is InChI=1S/C13H14N4O/c18-13(17-10-2-1-5-14-7-10)9-3-4-11-12(6-9)16-8-15-11/h1-2,5,7-9H,3-4,6H2,(H,15,16)(H,17,18)/t9-/m0/s1. The van der Waals surface area contributed by atoms with Crippen LogP contribution in [0, 0.1) is 5.92 Å². The molecule has 5 nitrogen and oxygen atoms in total. The smallest absolute Gasteiger partial charge is 0.227 e. The van der Waals surface area contributed by atoms with E-state index in [9.17, 15) is 4.79 Å². The van der Waals surface area contributed by atoms with Crippen LogP contribution in [0.3, 0.4) is 0 Å². The maximum Gasteiger partial charge on any atom is 0.227 e. The van der Waals surface area contributed by atoms with Crippen LogP contribution in [-0.4, -0.2) is 20.9 Å². The molecular formula is C13H14N4O. The van der Waals surface area contributed by atoms with Crippen molar-refractivity contribution in [3.05, 3.63) is 42.2 Å². The van der Waals surface area contributed by atoms with Gasteiger partial charge in [0.25, 0.3) is 0 Å². The highest BCUT2D eigenvalue weighted by atomic mass is 16.1. The highest BCUT2D eigenvalue weighted by Gasteiger charge is 2.26. The molecule has 0 fully saturated rings. The van der Waals surface area contributed by atoms with E-state index in [1.807, 2.05) is 12.1 Å². The molecule has 1 aliphatic rings. The molecule has 0 saturated heterocycles. The molecule has 2 aromatic rings. The molecule has 0 aromatic carbocycles. The van der Waals surface area contributed by atoms with Gasteiger partial charge in [0.15, 0.2) is 0 Å². The maximum atomic E-state index is 12.1. The number of hydrogen-bond donors (Lipinski definition) is 2. The zero-order valence-corrected chi connectivity index (χ0v) is 9.89. The van der Waals surface area contributed by atoms with Gasteiger partial charge in [-0.25, -0.2) is 4.98 Å². The van der Waals surface area contributed by atoms with Gasteiger partial charge in [0, 0.05) is 24.2 Å². The number of aryl methyl sites for hydroxylation is 1. The number of fused-ring (bicyclic) bond motifs is 1. The number of aromatic nitrogens is 3. The van der Waals surface area contributed by atoms with Crippen LogP contribution in [0.2, 0.25) is 0 Å². The van der Waals surface area contributed by atoms with Crippen molar-refractivity contribution in [2.75, 3.05) is 5.32 Å². The second-order valence-electron chi connectivity index (χ2n) is 4.50. The minimum Gasteiger partial charge on any atom is -0.348 e. The first kappa shape index (κ1) is 11.0. The van der Waals surface area contributed by atoms with Crippen molar-refractivity contribution >= 4 is 11.6 Å². The van der Waals surface area contributed by atoms with Gasteiger partial charge in [-0.3, -0.25) is 9.78 Å². The number of rotatable bonds is 2. The minimum atomic E-state index is 0.0122. The number of anilines is 1. The van der Waals surface area contributed by atoms with Crippen molar-refractivity contribution in [3.8, 4) is 0 Å². The first-order valence-electron chi connectivity index (χ1n) is 6.05. The fraction of sp³-hybridized carbons (Fsp3) is 0.308. The lowest BCUT2D eigenvalue weighted by molar-refractivity contribution is -0.120. The average molecular weight is 242 g/mol. The van der Waals surface area contributed by atoms with Crippen LogP contribution in [-0.2, 0) is 17.6 Å². The van der Waals surface area contributed by atoms with Crippen LogP contribution >= 0.6 is 0 Å². The van der Waals surface area contributed by atoms with Gasteiger partial charge in [0.2, 0.25) is 5.91 Å². The van der Waals surface area contributed by atoms with Gasteiger partial charge in [0.05, 0.1) is 23.9 Å². The number of carbonyl (C=O) groups is 1. The zero-order valence-electron chi connectivity index (χ0n) is 9.89. The predicted molar refractivity (Wildman–Crippen MR) is 67.0 cm³/mol. The second-order valence-corrected chi connectivity index (χ2v) is 4.50. The summed E-state index contributed by atoms with van der Waals surface area (Å²) in [6.07, 6.45) is 7.50. The summed E-state index contributed by atoms with van der Waals surface area (Å²) >= 11 is 0. The third-order valence-electron chi connectivity index (χ3n) is 3.29. The van der Waals surface area contributed by atoms with Crippen molar-refractivity contribution < 1.29 is 4.79 Å². The summed E-state index contributed by atoms with van der Waals surface area (Å²) in [5.41, 5.74) is 2.94. The molecule has 0 unspecified atom stereocenters. The topological polar surface area (TPSA) is 70.7 Å². The summed E-state index contributed by atoms with van der Waals surface area (Å²) < 4.78 is 0. The summed E-state index contributed by atoms with van der Waals surface area (Å²) in [7, 11) is 0. The number of nitrogens with one attached hydrogen (secondary N) is 2. The fourth-order valence-electron chi connectivity index (χ4n) is 2.31. The Labute approximate surface area is 105 Å². The van der Waals surface area contributed by atoms with E-state index in [0.29, 0.717) is 0 Å². The molecule has 0 bridgehead atoms. The molecule has 5 heteroatoms. The lowest BCUT2D eigenvalue weighted by Crippen LogP contribution is -2.28. The molecule has 1 atom stereocenters. The first-order valence-corrected chi connectivity index (χ1v) is 6.05. The van der Waals surface area contributed by atoms with E-state index in [2.05, 4.69) is 20.3 Å². The number of hydrogen-bond acceptors (Lipinski definition) is 3. The van der Waals surface area contributed by atoms with Gasteiger partial charge in [0.1, 0.15) is 0 Å². The largest absolute Gasteiger partial charge is 0.348 e. The number of imidazole rings is 1. The molecule has 18 heavy (non-hydrogen) atoms. The molecule has 0 spiro atoms. The molecule has 0 aliphatic heterocycles. The van der Waals surface area contributed by atoms with E-state index in [1.54, 1.807) is 18.7 Å². The molecule has 2 aromatic heterocycles. The van der Waals surface area contributed by atoms with Gasteiger partial charge in [-0.05, 0) is 25.0 Å². The van der Waals surface area contributed by atoms with Crippen LogP contribution in [0.1, 0.15) is 17.8 Å². The molecule has 1 aliphatic carbocycles. The Kier molecular flexibility index (Phi) is 2.80. The second kappa shape index (κ2) is 4.60. The molecule has 1 amide bonds. The maximum absolute atomic E-state index is 12.1. The lowest BCUT2D eigenvalue weighted by Gasteiger charge is -2.20. The van der Waals surface area contributed by atoms with Crippen molar-refractivity contribution in [1.29, 1.82) is 0 Å². The summed E-state index contributed by atoms with van der Waals surface area (Å²) in [5, 5.41) is 2.90. The fourth-order valence-corrected chi connectivity index (χ4v) is 2.31. The molecule has 2 N–H and O–H groups in total. The Balaban J connectivity index is 1.68. The van der Waals surface area contributed by atoms with E-state index in [-0.39, 0.29) is 11.8 Å². The van der Waals surface area contributed by atoms with Crippen molar-refractivity contribution in [3.63, 3.8) is 0 Å². The van der Waals surface area contributed by atoms with Gasteiger partial charge < -0.3 is 10.3 Å². The van der Waals surface area contributed by atoms with Crippen LogP contribution in [0.5, 0.6) is 0 Å². The Hall–Kier alpha value is -2.17. The number of carbonyl (C=O) groups excluding carboxylic acids is 1. The SMILES string of the molecule is O=C(Nc1cccnc1)[C@H]1CCc2nc[nH]c2C1. The average Bonchev–Trinajstić information content (AvgIpc) is 2.87. The van der Waals surface area contributed by atoms with Crippen LogP contribution < -0.4 is 5.32 Å². The Morgan fingerprint density at radius 1 is 1.50 bits per heavy atom. The molecule has 0 saturated carbocycles. The number of amides is 1. The predicted octanol–water partition coefficient (Wildman–Crippen LogP) is 1.55. The molecule has 3 rings (SSSR count). The van der Waals surface area contributed by atoms with Gasteiger partial charge in [-0.1, -0.05) is 0 Å². The normalized spacial score (nSPS) is 18.1. The molecule has 2 heterocycles. The molecular weight excluding hydrogens is 228 g/mol. The van der Waals surface area contributed by atoms with Crippen molar-refractivity contribution in [2.24, 2.45) is 5.92 Å². The summed E-state index contributed by atoms with van der Waals surface area (Å²) in [6, 6.07) is 3.65. The van der Waals surface area contributed by atoms with Gasteiger partial charge >= 0.3 is 0 Å². The Morgan fingerprint density at radius 2 is 2.44 bits per heavy atom. The van der Waals surface area contributed by atoms with Crippen LogP contribution in [0.15, 0.2) is 30.9 Å². The minimum absolute atomic E-state index is 0.0122. The highest BCUT2D eigenvalue weighted by Crippen LogP contribution is 2.23. The third-order valence-corrected chi connectivity index (χ3v) is 3.29. The van der Waals surface area contributed by atoms with Crippen molar-refractivity contribution in [2.45, 2.75) is 19.3 Å². The van der Waals surface area contributed by atoms with Crippen LogP contribution in [0.4, 0.5) is 5.69 Å². The monoisotopic (exact) mass is 242 g/mol. The highest BCUT2D eigenvalue weighted by molar-refractivity contribution is 5.92.